The second-order valence-electron chi connectivity index (χ2n) is 1.98. The Morgan fingerprint density at radius 1 is 1.09 bits per heavy atom. The molecule has 0 amide bonds. The second kappa shape index (κ2) is 3.73. The van der Waals surface area contributed by atoms with Crippen LogP contribution in [0.2, 0.25) is 0 Å². The smallest absolute Gasteiger partial charge is 0.229 e. The second-order valence-corrected chi connectivity index (χ2v) is 7.35. The highest BCUT2D eigenvalue weighted by atomic mass is 35.7. The molecule has 0 aliphatic rings. The number of rotatable bonds is 4. The van der Waals surface area contributed by atoms with Gasteiger partial charge in [-0.15, -0.1) is 0 Å². The van der Waals surface area contributed by atoms with E-state index in [0.29, 0.717) is 0 Å². The van der Waals surface area contributed by atoms with E-state index in [0.717, 1.165) is 0 Å². The normalized spacial score (nSPS) is 13.3. The van der Waals surface area contributed by atoms with Gasteiger partial charge in [0.25, 0.3) is 0 Å². The van der Waals surface area contributed by atoms with Gasteiger partial charge in [0.15, 0.2) is 9.84 Å². The summed E-state index contributed by atoms with van der Waals surface area (Å²) in [7, 11) is -2.09. The van der Waals surface area contributed by atoms with Crippen molar-refractivity contribution in [3.63, 3.8) is 0 Å². The molecule has 68 valence electrons. The maximum atomic E-state index is 10.7. The zero-order chi connectivity index (χ0) is 9.12. The molecule has 4 nitrogen and oxygen atoms in total. The van der Waals surface area contributed by atoms with E-state index in [1.54, 1.807) is 0 Å². The fourth-order valence-electron chi connectivity index (χ4n) is 0.371. The van der Waals surface area contributed by atoms with Crippen molar-refractivity contribution in [1.29, 1.82) is 0 Å². The Morgan fingerprint density at radius 2 is 1.55 bits per heavy atom. The van der Waals surface area contributed by atoms with E-state index in [9.17, 15) is 16.8 Å². The van der Waals surface area contributed by atoms with Gasteiger partial charge < -0.3 is 0 Å². The average molecular weight is 221 g/mol. The summed E-state index contributed by atoms with van der Waals surface area (Å²) in [6.07, 6.45) is 0. The standard InChI is InChI=1S/C4H9ClO4S2/c1-2-10(6,7)3-4-11(5,8)9/h2-4H2,1H3. The summed E-state index contributed by atoms with van der Waals surface area (Å²) >= 11 is 0. The molecular weight excluding hydrogens is 212 g/mol. The van der Waals surface area contributed by atoms with Crippen LogP contribution in [-0.4, -0.2) is 34.1 Å². The van der Waals surface area contributed by atoms with Crippen LogP contribution in [0.15, 0.2) is 0 Å². The van der Waals surface area contributed by atoms with Gasteiger partial charge in [0.1, 0.15) is 0 Å². The van der Waals surface area contributed by atoms with Crippen LogP contribution < -0.4 is 0 Å². The molecule has 0 fully saturated rings. The van der Waals surface area contributed by atoms with Gasteiger partial charge in [-0.2, -0.15) is 0 Å². The van der Waals surface area contributed by atoms with Crippen LogP contribution in [0.4, 0.5) is 0 Å². The third-order valence-electron chi connectivity index (χ3n) is 1.08. The summed E-state index contributed by atoms with van der Waals surface area (Å²) in [6, 6.07) is 0. The molecule has 7 heteroatoms. The van der Waals surface area contributed by atoms with E-state index in [2.05, 4.69) is 0 Å². The van der Waals surface area contributed by atoms with Crippen LogP contribution >= 0.6 is 10.7 Å². The fraction of sp³-hybridized carbons (Fsp3) is 1.00. The van der Waals surface area contributed by atoms with Gasteiger partial charge in [-0.05, 0) is 0 Å². The van der Waals surface area contributed by atoms with Crippen molar-refractivity contribution in [2.75, 3.05) is 17.3 Å². The van der Waals surface area contributed by atoms with Crippen molar-refractivity contribution in [2.24, 2.45) is 0 Å². The molecule has 0 rings (SSSR count). The van der Waals surface area contributed by atoms with Crippen LogP contribution in [0.25, 0.3) is 0 Å². The first-order valence-corrected chi connectivity index (χ1v) is 7.19. The Labute approximate surface area is 70.9 Å². The van der Waals surface area contributed by atoms with E-state index in [1.807, 2.05) is 0 Å². The molecule has 0 radical (unpaired) electrons. The topological polar surface area (TPSA) is 68.3 Å². The lowest BCUT2D eigenvalue weighted by Gasteiger charge is -1.96. The molecule has 0 aliphatic heterocycles. The van der Waals surface area contributed by atoms with Crippen LogP contribution in [0.1, 0.15) is 6.92 Å². The number of halogens is 1. The minimum absolute atomic E-state index is 0.0561. The monoisotopic (exact) mass is 220 g/mol. The quantitative estimate of drug-likeness (QED) is 0.625. The molecule has 0 bridgehead atoms. The van der Waals surface area contributed by atoms with Crippen molar-refractivity contribution in [3.8, 4) is 0 Å². The molecule has 0 spiro atoms. The van der Waals surface area contributed by atoms with Crippen molar-refractivity contribution >= 4 is 29.6 Å². The van der Waals surface area contributed by atoms with E-state index >= 15 is 0 Å². The molecular formula is C4H9ClO4S2. The minimum atomic E-state index is -3.67. The van der Waals surface area contributed by atoms with Gasteiger partial charge in [0, 0.05) is 16.4 Å². The van der Waals surface area contributed by atoms with Crippen molar-refractivity contribution < 1.29 is 16.8 Å². The Balaban J connectivity index is 4.13. The molecule has 0 N–H and O–H groups in total. The minimum Gasteiger partial charge on any atom is -0.229 e. The molecule has 0 heterocycles. The predicted octanol–water partition coefficient (Wildman–Crippen LogP) is -0.0103. The first-order valence-electron chi connectivity index (χ1n) is 2.89. The van der Waals surface area contributed by atoms with Gasteiger partial charge in [-0.25, -0.2) is 16.8 Å². The summed E-state index contributed by atoms with van der Waals surface area (Å²) < 4.78 is 42.0. The van der Waals surface area contributed by atoms with Gasteiger partial charge in [0.05, 0.1) is 11.5 Å². The van der Waals surface area contributed by atoms with E-state index in [4.69, 9.17) is 10.7 Å². The fourth-order valence-corrected chi connectivity index (χ4v) is 3.04. The third-order valence-corrected chi connectivity index (χ3v) is 4.20. The van der Waals surface area contributed by atoms with Crippen LogP contribution in [0.5, 0.6) is 0 Å². The van der Waals surface area contributed by atoms with E-state index < -0.39 is 30.4 Å². The molecule has 0 atom stereocenters. The molecule has 0 aliphatic carbocycles. The SMILES string of the molecule is CCS(=O)(=O)CCS(=O)(=O)Cl. The van der Waals surface area contributed by atoms with Gasteiger partial charge >= 0.3 is 0 Å². The van der Waals surface area contributed by atoms with Crippen LogP contribution in [0.3, 0.4) is 0 Å². The molecule has 0 saturated heterocycles. The summed E-state index contributed by atoms with van der Waals surface area (Å²) in [5.74, 6) is -0.959. The first kappa shape index (κ1) is 11.2. The summed E-state index contributed by atoms with van der Waals surface area (Å²) in [4.78, 5) is 0. The Kier molecular flexibility index (Phi) is 3.79. The zero-order valence-electron chi connectivity index (χ0n) is 5.95. The number of hydrogen-bond acceptors (Lipinski definition) is 4. The summed E-state index contributed by atoms with van der Waals surface area (Å²) in [6.45, 7) is 1.45. The molecule has 0 aromatic rings. The van der Waals surface area contributed by atoms with E-state index in [1.165, 1.54) is 6.92 Å². The maximum Gasteiger partial charge on any atom is 0.233 e. The molecule has 11 heavy (non-hydrogen) atoms. The number of hydrogen-bond donors (Lipinski definition) is 0. The largest absolute Gasteiger partial charge is 0.233 e. The average Bonchev–Trinajstić information content (AvgIpc) is 1.83. The van der Waals surface area contributed by atoms with Crippen molar-refractivity contribution in [3.05, 3.63) is 0 Å². The maximum absolute atomic E-state index is 10.7. The lowest BCUT2D eigenvalue weighted by molar-refractivity contribution is 0.593. The first-order chi connectivity index (χ1) is 4.77. The Bertz CT molecular complexity index is 301. The highest BCUT2D eigenvalue weighted by Gasteiger charge is 2.13. The molecule has 0 saturated carbocycles. The highest BCUT2D eigenvalue weighted by molar-refractivity contribution is 8.14. The van der Waals surface area contributed by atoms with Crippen molar-refractivity contribution in [1.82, 2.24) is 0 Å². The Morgan fingerprint density at radius 3 is 1.82 bits per heavy atom. The van der Waals surface area contributed by atoms with Crippen molar-refractivity contribution in [2.45, 2.75) is 6.92 Å². The Hall–Kier alpha value is 0.190. The molecule has 0 aromatic heterocycles. The van der Waals surface area contributed by atoms with Gasteiger partial charge in [-0.1, -0.05) is 6.92 Å². The van der Waals surface area contributed by atoms with Crippen LogP contribution in [-0.2, 0) is 18.9 Å². The lowest BCUT2D eigenvalue weighted by Crippen LogP contribution is -2.15. The van der Waals surface area contributed by atoms with Gasteiger partial charge in [-0.3, -0.25) is 0 Å². The summed E-state index contributed by atoms with van der Waals surface area (Å²) in [5.41, 5.74) is 0. The lowest BCUT2D eigenvalue weighted by atomic mass is 10.9. The third kappa shape index (κ3) is 6.58. The predicted molar refractivity (Wildman–Crippen MR) is 44.0 cm³/mol. The number of sulfone groups is 1. The zero-order valence-corrected chi connectivity index (χ0v) is 8.34. The highest BCUT2D eigenvalue weighted by Crippen LogP contribution is 1.99. The van der Waals surface area contributed by atoms with Crippen LogP contribution in [0, 0.1) is 0 Å². The van der Waals surface area contributed by atoms with Gasteiger partial charge in [0.2, 0.25) is 9.05 Å². The van der Waals surface area contributed by atoms with E-state index in [-0.39, 0.29) is 5.75 Å². The molecule has 0 unspecified atom stereocenters. The summed E-state index contributed by atoms with van der Waals surface area (Å²) in [5, 5.41) is 0. The molecule has 0 aromatic carbocycles.